The molecule has 1 aliphatic rings. The molecule has 1 aromatic rings. The Morgan fingerprint density at radius 2 is 2.04 bits per heavy atom. The van der Waals surface area contributed by atoms with Gasteiger partial charge in [0.1, 0.15) is 5.75 Å². The summed E-state index contributed by atoms with van der Waals surface area (Å²) in [7, 11) is 1.79. The molecule has 0 aromatic heterocycles. The summed E-state index contributed by atoms with van der Waals surface area (Å²) in [6.45, 7) is 5.16. The lowest BCUT2D eigenvalue weighted by atomic mass is 9.80. The predicted octanol–water partition coefficient (Wildman–Crippen LogP) is 2.43. The molecule has 0 heterocycles. The van der Waals surface area contributed by atoms with Gasteiger partial charge in [0.15, 0.2) is 12.6 Å². The van der Waals surface area contributed by atoms with Crippen LogP contribution in [0.5, 0.6) is 5.75 Å². The number of benzene rings is 1. The molecule has 1 fully saturated rings. The zero-order valence-corrected chi connectivity index (χ0v) is 16.1. The molecule has 0 saturated heterocycles. The number of nitrogens with one attached hydrogen (secondary N) is 2. The number of rotatable bonds is 7. The molecule has 1 amide bonds. The van der Waals surface area contributed by atoms with Gasteiger partial charge in [-0.05, 0) is 55.2 Å². The van der Waals surface area contributed by atoms with E-state index in [1.807, 2.05) is 24.3 Å². The van der Waals surface area contributed by atoms with E-state index in [0.717, 1.165) is 23.4 Å². The summed E-state index contributed by atoms with van der Waals surface area (Å²) < 4.78 is 5.34. The number of nitrogens with two attached hydrogens (primary N) is 1. The Labute approximate surface area is 156 Å². The van der Waals surface area contributed by atoms with E-state index in [1.54, 1.807) is 7.05 Å². The van der Waals surface area contributed by atoms with Crippen molar-refractivity contribution in [1.29, 1.82) is 0 Å². The van der Waals surface area contributed by atoms with Gasteiger partial charge in [-0.15, -0.1) is 0 Å². The van der Waals surface area contributed by atoms with Crippen molar-refractivity contribution in [1.82, 2.24) is 10.6 Å². The molecule has 0 atom stereocenters. The first-order valence-corrected chi connectivity index (χ1v) is 9.45. The fourth-order valence-electron chi connectivity index (χ4n) is 3.40. The first-order valence-electron chi connectivity index (χ1n) is 9.45. The zero-order chi connectivity index (χ0) is 18.9. The molecule has 0 unspecified atom stereocenters. The summed E-state index contributed by atoms with van der Waals surface area (Å²) in [6.07, 6.45) is 4.96. The minimum Gasteiger partial charge on any atom is -0.484 e. The van der Waals surface area contributed by atoms with E-state index >= 15 is 0 Å². The van der Waals surface area contributed by atoms with E-state index in [9.17, 15) is 4.79 Å². The average molecular weight is 361 g/mol. The smallest absolute Gasteiger partial charge is 0.255 e. The van der Waals surface area contributed by atoms with E-state index < -0.39 is 5.91 Å². The topological polar surface area (TPSA) is 88.7 Å². The first kappa shape index (κ1) is 20.1. The maximum Gasteiger partial charge on any atom is 0.255 e. The highest BCUT2D eigenvalue weighted by Gasteiger charge is 2.23. The van der Waals surface area contributed by atoms with Gasteiger partial charge in [0, 0.05) is 19.6 Å². The quantitative estimate of drug-likeness (QED) is 0.515. The Bertz CT molecular complexity index is 608. The molecule has 0 aliphatic heterocycles. The number of hydrogen-bond donors (Lipinski definition) is 3. The van der Waals surface area contributed by atoms with Crippen molar-refractivity contribution in [3.8, 4) is 5.75 Å². The normalized spacial score (nSPS) is 20.7. The van der Waals surface area contributed by atoms with Crippen molar-refractivity contribution in [2.45, 2.75) is 52.1 Å². The summed E-state index contributed by atoms with van der Waals surface area (Å²) in [4.78, 5) is 15.2. The molecule has 0 spiro atoms. The second-order valence-electron chi connectivity index (χ2n) is 7.33. The molecule has 1 saturated carbocycles. The summed E-state index contributed by atoms with van der Waals surface area (Å²) in [5.41, 5.74) is 6.16. The van der Waals surface area contributed by atoms with Crippen molar-refractivity contribution >= 4 is 11.9 Å². The van der Waals surface area contributed by atoms with E-state index in [1.165, 1.54) is 25.7 Å². The van der Waals surface area contributed by atoms with Gasteiger partial charge >= 0.3 is 0 Å². The molecular weight excluding hydrogens is 328 g/mol. The van der Waals surface area contributed by atoms with Crippen LogP contribution in [0.1, 0.15) is 45.1 Å². The molecule has 144 valence electrons. The van der Waals surface area contributed by atoms with Crippen LogP contribution in [0.3, 0.4) is 0 Å². The van der Waals surface area contributed by atoms with Crippen LogP contribution in [-0.2, 0) is 11.3 Å². The minimum atomic E-state index is -0.481. The SMILES string of the molecule is CN=C(NCc1cccc(OCC(N)=O)c1)NC1CCC(C(C)C)CC1. The van der Waals surface area contributed by atoms with Gasteiger partial charge in [0.2, 0.25) is 0 Å². The predicted molar refractivity (Wildman–Crippen MR) is 105 cm³/mol. The Morgan fingerprint density at radius 3 is 2.65 bits per heavy atom. The van der Waals surface area contributed by atoms with E-state index in [0.29, 0.717) is 18.3 Å². The number of ether oxygens (including phenoxy) is 1. The zero-order valence-electron chi connectivity index (χ0n) is 16.1. The third-order valence-corrected chi connectivity index (χ3v) is 5.02. The highest BCUT2D eigenvalue weighted by molar-refractivity contribution is 5.80. The van der Waals surface area contributed by atoms with Gasteiger partial charge in [-0.2, -0.15) is 0 Å². The molecule has 6 heteroatoms. The summed E-state index contributed by atoms with van der Waals surface area (Å²) in [5.74, 6) is 2.61. The highest BCUT2D eigenvalue weighted by atomic mass is 16.5. The summed E-state index contributed by atoms with van der Waals surface area (Å²) in [6, 6.07) is 8.10. The molecule has 0 bridgehead atoms. The van der Waals surface area contributed by atoms with Crippen molar-refractivity contribution in [2.24, 2.45) is 22.6 Å². The molecule has 4 N–H and O–H groups in total. The fourth-order valence-corrected chi connectivity index (χ4v) is 3.40. The maximum absolute atomic E-state index is 10.8. The lowest BCUT2D eigenvalue weighted by Crippen LogP contribution is -2.44. The van der Waals surface area contributed by atoms with Crippen LogP contribution in [0.25, 0.3) is 0 Å². The molecule has 0 radical (unpaired) electrons. The van der Waals surface area contributed by atoms with E-state index in [4.69, 9.17) is 10.5 Å². The second-order valence-corrected chi connectivity index (χ2v) is 7.33. The van der Waals surface area contributed by atoms with E-state index in [-0.39, 0.29) is 6.61 Å². The fraction of sp³-hybridized carbons (Fsp3) is 0.600. The highest BCUT2D eigenvalue weighted by Crippen LogP contribution is 2.29. The van der Waals surface area contributed by atoms with Crippen LogP contribution in [0.15, 0.2) is 29.3 Å². The van der Waals surface area contributed by atoms with Crippen LogP contribution >= 0.6 is 0 Å². The lowest BCUT2D eigenvalue weighted by Gasteiger charge is -2.32. The van der Waals surface area contributed by atoms with Crippen molar-refractivity contribution in [3.63, 3.8) is 0 Å². The van der Waals surface area contributed by atoms with Crippen molar-refractivity contribution in [3.05, 3.63) is 29.8 Å². The Morgan fingerprint density at radius 1 is 1.31 bits per heavy atom. The summed E-state index contributed by atoms with van der Waals surface area (Å²) in [5, 5.41) is 6.89. The largest absolute Gasteiger partial charge is 0.484 e. The van der Waals surface area contributed by atoms with Crippen LogP contribution in [-0.4, -0.2) is 31.6 Å². The number of aliphatic imine (C=N–C) groups is 1. The summed E-state index contributed by atoms with van der Waals surface area (Å²) >= 11 is 0. The monoisotopic (exact) mass is 360 g/mol. The van der Waals surface area contributed by atoms with Crippen LogP contribution in [0.2, 0.25) is 0 Å². The minimum absolute atomic E-state index is 0.112. The number of carbonyl (C=O) groups is 1. The molecule has 1 aromatic carbocycles. The number of guanidine groups is 1. The lowest BCUT2D eigenvalue weighted by molar-refractivity contribution is -0.119. The maximum atomic E-state index is 10.8. The standard InChI is InChI=1S/C20H32N4O2/c1-14(2)16-7-9-17(10-8-16)24-20(22-3)23-12-15-5-4-6-18(11-15)26-13-19(21)25/h4-6,11,14,16-17H,7-10,12-13H2,1-3H3,(H2,21,25)(H2,22,23,24). The molecule has 2 rings (SSSR count). The van der Waals surface area contributed by atoms with Gasteiger partial charge in [-0.3, -0.25) is 9.79 Å². The van der Waals surface area contributed by atoms with Gasteiger partial charge in [0.05, 0.1) is 0 Å². The average Bonchev–Trinajstić information content (AvgIpc) is 2.64. The number of hydrogen-bond acceptors (Lipinski definition) is 3. The Kier molecular flexibility index (Phi) is 7.75. The first-order chi connectivity index (χ1) is 12.5. The molecular formula is C20H32N4O2. The number of primary amides is 1. The van der Waals surface area contributed by atoms with E-state index in [2.05, 4.69) is 29.5 Å². The number of amides is 1. The molecule has 6 nitrogen and oxygen atoms in total. The Balaban J connectivity index is 1.80. The van der Waals surface area contributed by atoms with Gasteiger partial charge in [0.25, 0.3) is 5.91 Å². The van der Waals surface area contributed by atoms with Crippen LogP contribution < -0.4 is 21.1 Å². The van der Waals surface area contributed by atoms with Gasteiger partial charge < -0.3 is 21.1 Å². The van der Waals surface area contributed by atoms with Gasteiger partial charge in [-0.25, -0.2) is 0 Å². The van der Waals surface area contributed by atoms with Crippen LogP contribution in [0, 0.1) is 11.8 Å². The van der Waals surface area contributed by atoms with Crippen molar-refractivity contribution in [2.75, 3.05) is 13.7 Å². The number of carbonyl (C=O) groups excluding carboxylic acids is 1. The third-order valence-electron chi connectivity index (χ3n) is 5.02. The Hall–Kier alpha value is -2.24. The third kappa shape index (κ3) is 6.58. The molecule has 1 aliphatic carbocycles. The van der Waals surface area contributed by atoms with Crippen molar-refractivity contribution < 1.29 is 9.53 Å². The van der Waals surface area contributed by atoms with Crippen LogP contribution in [0.4, 0.5) is 0 Å². The van der Waals surface area contributed by atoms with Gasteiger partial charge in [-0.1, -0.05) is 26.0 Å². The number of nitrogens with zero attached hydrogens (tertiary/aromatic N) is 1. The molecule has 26 heavy (non-hydrogen) atoms. The second kappa shape index (κ2) is 10.0.